The zero-order chi connectivity index (χ0) is 11.7. The van der Waals surface area contributed by atoms with Crippen molar-refractivity contribution in [2.45, 2.75) is 39.2 Å². The summed E-state index contributed by atoms with van der Waals surface area (Å²) in [5.41, 5.74) is 5.93. The average Bonchev–Trinajstić information content (AvgIpc) is 2.26. The molecule has 0 fully saturated rings. The molecule has 15 heavy (non-hydrogen) atoms. The quantitative estimate of drug-likeness (QED) is 0.289. The van der Waals surface area contributed by atoms with Crippen molar-refractivity contribution in [2.24, 2.45) is 5.73 Å². The maximum absolute atomic E-state index is 11.3. The molecule has 0 saturated heterocycles. The molecular formula is C11H21NO3. The highest BCUT2D eigenvalue weighted by atomic mass is 16.7. The Labute approximate surface area is 91.4 Å². The number of carbonyl (C=O) groups is 1. The Morgan fingerprint density at radius 2 is 2.13 bits per heavy atom. The smallest absolute Gasteiger partial charge is 0.337 e. The molecule has 0 amide bonds. The lowest BCUT2D eigenvalue weighted by molar-refractivity contribution is -0.151. The molecule has 0 rings (SSSR count). The van der Waals surface area contributed by atoms with Crippen molar-refractivity contribution in [2.75, 3.05) is 13.4 Å². The van der Waals surface area contributed by atoms with Crippen LogP contribution in [0, 0.1) is 0 Å². The number of nitrogens with two attached hydrogens (primary N) is 1. The minimum atomic E-state index is -0.471. The van der Waals surface area contributed by atoms with Crippen molar-refractivity contribution >= 4 is 5.97 Å². The normalized spacial score (nSPS) is 12.2. The monoisotopic (exact) mass is 215 g/mol. The maximum Gasteiger partial charge on any atom is 0.337 e. The van der Waals surface area contributed by atoms with E-state index < -0.39 is 5.97 Å². The second-order valence-corrected chi connectivity index (χ2v) is 3.35. The van der Waals surface area contributed by atoms with Gasteiger partial charge in [-0.3, -0.25) is 0 Å². The first-order valence-corrected chi connectivity index (χ1v) is 5.32. The summed E-state index contributed by atoms with van der Waals surface area (Å²) >= 11 is 0. The molecule has 0 aliphatic carbocycles. The van der Waals surface area contributed by atoms with Gasteiger partial charge in [0.05, 0.1) is 6.61 Å². The Morgan fingerprint density at radius 1 is 1.47 bits per heavy atom. The molecule has 0 spiro atoms. The van der Waals surface area contributed by atoms with Crippen molar-refractivity contribution in [1.82, 2.24) is 0 Å². The topological polar surface area (TPSA) is 61.5 Å². The summed E-state index contributed by atoms with van der Waals surface area (Å²) in [4.78, 5) is 11.3. The van der Waals surface area contributed by atoms with Crippen LogP contribution in [-0.2, 0) is 14.3 Å². The van der Waals surface area contributed by atoms with E-state index >= 15 is 0 Å². The molecular weight excluding hydrogens is 194 g/mol. The summed E-state index contributed by atoms with van der Waals surface area (Å²) in [6, 6.07) is -0.326. The summed E-state index contributed by atoms with van der Waals surface area (Å²) in [6.07, 6.45) is 2.69. The van der Waals surface area contributed by atoms with Crippen LogP contribution in [0.25, 0.3) is 0 Å². The van der Waals surface area contributed by atoms with Gasteiger partial charge < -0.3 is 15.2 Å². The van der Waals surface area contributed by atoms with Gasteiger partial charge in [0.1, 0.15) is 0 Å². The molecule has 1 unspecified atom stereocenters. The van der Waals surface area contributed by atoms with E-state index in [2.05, 4.69) is 13.5 Å². The Morgan fingerprint density at radius 3 is 2.67 bits per heavy atom. The van der Waals surface area contributed by atoms with Crippen molar-refractivity contribution in [3.63, 3.8) is 0 Å². The van der Waals surface area contributed by atoms with Gasteiger partial charge in [0, 0.05) is 11.6 Å². The molecule has 0 aromatic carbocycles. The molecule has 2 N–H and O–H groups in total. The van der Waals surface area contributed by atoms with Gasteiger partial charge in [-0.05, 0) is 12.8 Å². The van der Waals surface area contributed by atoms with E-state index in [0.29, 0.717) is 18.6 Å². The number of hydrogen-bond donors (Lipinski definition) is 1. The van der Waals surface area contributed by atoms with Crippen molar-refractivity contribution in [1.29, 1.82) is 0 Å². The van der Waals surface area contributed by atoms with E-state index in [0.717, 1.165) is 12.8 Å². The molecule has 0 saturated carbocycles. The van der Waals surface area contributed by atoms with Crippen molar-refractivity contribution in [3.05, 3.63) is 12.2 Å². The SMILES string of the molecule is C=C(C(=O)OCOCCCC)C(N)CC. The third-order valence-corrected chi connectivity index (χ3v) is 2.07. The van der Waals surface area contributed by atoms with E-state index in [9.17, 15) is 4.79 Å². The largest absolute Gasteiger partial charge is 0.435 e. The minimum absolute atomic E-state index is 0.0196. The standard InChI is InChI=1S/C11H21NO3/c1-4-6-7-14-8-15-11(13)9(3)10(12)5-2/h10H,3-8,12H2,1-2H3. The highest BCUT2D eigenvalue weighted by molar-refractivity contribution is 5.88. The van der Waals surface area contributed by atoms with Crippen LogP contribution in [-0.4, -0.2) is 25.4 Å². The van der Waals surface area contributed by atoms with E-state index in [-0.39, 0.29) is 12.8 Å². The zero-order valence-corrected chi connectivity index (χ0v) is 9.62. The molecule has 0 aliphatic rings. The van der Waals surface area contributed by atoms with Gasteiger partial charge in [-0.15, -0.1) is 0 Å². The molecule has 0 aromatic rings. The van der Waals surface area contributed by atoms with Gasteiger partial charge in [0.2, 0.25) is 0 Å². The summed E-state index contributed by atoms with van der Waals surface area (Å²) in [5, 5.41) is 0. The van der Waals surface area contributed by atoms with Crippen LogP contribution in [0.3, 0.4) is 0 Å². The molecule has 1 atom stereocenters. The molecule has 4 nitrogen and oxygen atoms in total. The molecule has 0 radical (unpaired) electrons. The number of hydrogen-bond acceptors (Lipinski definition) is 4. The Balaban J connectivity index is 3.61. The van der Waals surface area contributed by atoms with E-state index in [1.54, 1.807) is 0 Å². The number of rotatable bonds is 8. The Bertz CT molecular complexity index is 204. The van der Waals surface area contributed by atoms with Gasteiger partial charge in [0.25, 0.3) is 0 Å². The first-order chi connectivity index (χ1) is 7.13. The first kappa shape index (κ1) is 14.1. The number of unbranched alkanes of at least 4 members (excludes halogenated alkanes) is 1. The number of carbonyl (C=O) groups excluding carboxylic acids is 1. The number of esters is 1. The van der Waals surface area contributed by atoms with Crippen molar-refractivity contribution in [3.8, 4) is 0 Å². The second-order valence-electron chi connectivity index (χ2n) is 3.35. The minimum Gasteiger partial charge on any atom is -0.435 e. The third-order valence-electron chi connectivity index (χ3n) is 2.07. The highest BCUT2D eigenvalue weighted by Gasteiger charge is 2.14. The van der Waals surface area contributed by atoms with Crippen LogP contribution >= 0.6 is 0 Å². The Kier molecular flexibility index (Phi) is 7.95. The van der Waals surface area contributed by atoms with Crippen LogP contribution in [0.1, 0.15) is 33.1 Å². The van der Waals surface area contributed by atoms with Crippen LogP contribution in [0.2, 0.25) is 0 Å². The summed E-state index contributed by atoms with van der Waals surface area (Å²) in [5.74, 6) is -0.471. The average molecular weight is 215 g/mol. The molecule has 4 heteroatoms. The molecule has 88 valence electrons. The molecule has 0 aromatic heterocycles. The van der Waals surface area contributed by atoms with Crippen LogP contribution in [0.15, 0.2) is 12.2 Å². The number of ether oxygens (including phenoxy) is 2. The fourth-order valence-corrected chi connectivity index (χ4v) is 0.891. The molecule has 0 bridgehead atoms. The predicted molar refractivity (Wildman–Crippen MR) is 59.2 cm³/mol. The summed E-state index contributed by atoms with van der Waals surface area (Å²) in [6.45, 7) is 8.13. The molecule has 0 aliphatic heterocycles. The lowest BCUT2D eigenvalue weighted by Crippen LogP contribution is -2.27. The highest BCUT2D eigenvalue weighted by Crippen LogP contribution is 2.03. The second kappa shape index (κ2) is 8.44. The lowest BCUT2D eigenvalue weighted by Gasteiger charge is -2.11. The van der Waals surface area contributed by atoms with Gasteiger partial charge in [-0.1, -0.05) is 26.8 Å². The van der Waals surface area contributed by atoms with Gasteiger partial charge in [-0.2, -0.15) is 0 Å². The Hall–Kier alpha value is -0.870. The molecule has 0 heterocycles. The zero-order valence-electron chi connectivity index (χ0n) is 9.62. The van der Waals surface area contributed by atoms with E-state index in [4.69, 9.17) is 15.2 Å². The van der Waals surface area contributed by atoms with Gasteiger partial charge in [-0.25, -0.2) is 4.79 Å². The maximum atomic E-state index is 11.3. The van der Waals surface area contributed by atoms with E-state index in [1.165, 1.54) is 0 Å². The lowest BCUT2D eigenvalue weighted by atomic mass is 10.1. The van der Waals surface area contributed by atoms with Gasteiger partial charge >= 0.3 is 5.97 Å². The van der Waals surface area contributed by atoms with Crippen LogP contribution in [0.5, 0.6) is 0 Å². The van der Waals surface area contributed by atoms with Crippen LogP contribution < -0.4 is 5.73 Å². The third kappa shape index (κ3) is 6.25. The van der Waals surface area contributed by atoms with E-state index in [1.807, 2.05) is 6.92 Å². The fraction of sp³-hybridized carbons (Fsp3) is 0.727. The summed E-state index contributed by atoms with van der Waals surface area (Å²) < 4.78 is 9.92. The van der Waals surface area contributed by atoms with Gasteiger partial charge in [0.15, 0.2) is 6.79 Å². The summed E-state index contributed by atoms with van der Waals surface area (Å²) in [7, 11) is 0. The predicted octanol–water partition coefficient (Wildman–Crippen LogP) is 1.60. The van der Waals surface area contributed by atoms with Crippen LogP contribution in [0.4, 0.5) is 0 Å². The first-order valence-electron chi connectivity index (χ1n) is 5.32. The van der Waals surface area contributed by atoms with Crippen molar-refractivity contribution < 1.29 is 14.3 Å². The fourth-order valence-electron chi connectivity index (χ4n) is 0.891.